The quantitative estimate of drug-likeness (QED) is 0.745. The summed E-state index contributed by atoms with van der Waals surface area (Å²) in [7, 11) is 0. The first-order valence-corrected chi connectivity index (χ1v) is 5.34. The topological polar surface area (TPSA) is 25.8 Å². The summed E-state index contributed by atoms with van der Waals surface area (Å²) in [5.41, 5.74) is 2.75. The fourth-order valence-electron chi connectivity index (χ4n) is 1.10. The molecule has 1 heterocycles. The van der Waals surface area contributed by atoms with Gasteiger partial charge in [0, 0.05) is 15.1 Å². The predicted molar refractivity (Wildman–Crippen MR) is 59.7 cm³/mol. The molecule has 0 radical (unpaired) electrons. The number of hydrogen-bond acceptors (Lipinski definition) is 2. The van der Waals surface area contributed by atoms with Gasteiger partial charge >= 0.3 is 0 Å². The smallest absolute Gasteiger partial charge is 0.0902 e. The van der Waals surface area contributed by atoms with E-state index in [1.807, 2.05) is 19.1 Å². The summed E-state index contributed by atoms with van der Waals surface area (Å²) in [6, 6.07) is 3.91. The highest BCUT2D eigenvalue weighted by atomic mass is 79.9. The Morgan fingerprint density at radius 3 is 2.38 bits per heavy atom. The molecule has 0 aliphatic carbocycles. The third-order valence-corrected chi connectivity index (χ3v) is 3.55. The minimum absolute atomic E-state index is 0.903. The molecule has 2 nitrogen and oxygen atoms in total. The second-order valence-electron chi connectivity index (χ2n) is 2.77. The molecule has 0 unspecified atom stereocenters. The van der Waals surface area contributed by atoms with Crippen LogP contribution in [0.1, 0.15) is 5.69 Å². The van der Waals surface area contributed by atoms with E-state index in [1.165, 1.54) is 0 Å². The van der Waals surface area contributed by atoms with Crippen molar-refractivity contribution in [1.82, 2.24) is 9.97 Å². The lowest BCUT2D eigenvalue weighted by atomic mass is 10.3. The highest BCUT2D eigenvalue weighted by Gasteiger charge is 2.01. The van der Waals surface area contributed by atoms with E-state index in [2.05, 4.69) is 41.8 Å². The van der Waals surface area contributed by atoms with Crippen LogP contribution >= 0.6 is 31.9 Å². The molecule has 0 fully saturated rings. The largest absolute Gasteiger partial charge is 0.253 e. The summed E-state index contributed by atoms with van der Waals surface area (Å²) in [5.74, 6) is 0. The number of nitrogens with zero attached hydrogens (tertiary/aromatic N) is 2. The van der Waals surface area contributed by atoms with Crippen LogP contribution in [-0.2, 0) is 0 Å². The van der Waals surface area contributed by atoms with E-state index in [1.54, 1.807) is 6.20 Å². The lowest BCUT2D eigenvalue weighted by Crippen LogP contribution is -1.87. The molecule has 1 aromatic heterocycles. The van der Waals surface area contributed by atoms with Crippen molar-refractivity contribution in [1.29, 1.82) is 0 Å². The van der Waals surface area contributed by atoms with Gasteiger partial charge in [0.05, 0.1) is 16.7 Å². The summed E-state index contributed by atoms with van der Waals surface area (Å²) >= 11 is 6.85. The van der Waals surface area contributed by atoms with Crippen LogP contribution < -0.4 is 0 Å². The van der Waals surface area contributed by atoms with Crippen LogP contribution in [0.2, 0.25) is 0 Å². The molecule has 0 aliphatic heterocycles. The normalized spacial score (nSPS) is 10.7. The number of halogens is 2. The average Bonchev–Trinajstić information content (AvgIpc) is 2.08. The molecule has 66 valence electrons. The molecule has 0 bridgehead atoms. The number of hydrogen-bond donors (Lipinski definition) is 0. The SMILES string of the molecule is Cc1cnc2cc(Br)c(Br)cc2n1. The van der Waals surface area contributed by atoms with Crippen LogP contribution in [0.3, 0.4) is 0 Å². The summed E-state index contributed by atoms with van der Waals surface area (Å²) in [6.07, 6.45) is 1.77. The standard InChI is InChI=1S/C9H6Br2N2/c1-5-4-12-8-2-6(10)7(11)3-9(8)13-5/h2-4H,1H3. The highest BCUT2D eigenvalue weighted by Crippen LogP contribution is 2.26. The van der Waals surface area contributed by atoms with Crippen LogP contribution in [0.5, 0.6) is 0 Å². The van der Waals surface area contributed by atoms with E-state index < -0.39 is 0 Å². The van der Waals surface area contributed by atoms with Gasteiger partial charge in [-0.25, -0.2) is 4.98 Å². The molecule has 4 heteroatoms. The lowest BCUT2D eigenvalue weighted by molar-refractivity contribution is 1.18. The molecule has 2 rings (SSSR count). The van der Waals surface area contributed by atoms with E-state index in [0.29, 0.717) is 0 Å². The highest BCUT2D eigenvalue weighted by molar-refractivity contribution is 9.13. The Kier molecular flexibility index (Phi) is 2.34. The second-order valence-corrected chi connectivity index (χ2v) is 4.48. The van der Waals surface area contributed by atoms with Crippen LogP contribution in [0.4, 0.5) is 0 Å². The zero-order valence-corrected chi connectivity index (χ0v) is 10.1. The number of aromatic nitrogens is 2. The number of fused-ring (bicyclic) bond motifs is 1. The van der Waals surface area contributed by atoms with Gasteiger partial charge in [0.15, 0.2) is 0 Å². The van der Waals surface area contributed by atoms with Gasteiger partial charge in [0.2, 0.25) is 0 Å². The summed E-state index contributed by atoms with van der Waals surface area (Å²) in [6.45, 7) is 1.93. The lowest BCUT2D eigenvalue weighted by Gasteiger charge is -2.00. The van der Waals surface area contributed by atoms with Crippen molar-refractivity contribution in [2.24, 2.45) is 0 Å². The Labute approximate surface area is 92.7 Å². The molecule has 1 aromatic carbocycles. The monoisotopic (exact) mass is 300 g/mol. The molecule has 0 N–H and O–H groups in total. The van der Waals surface area contributed by atoms with Gasteiger partial charge in [-0.2, -0.15) is 0 Å². The van der Waals surface area contributed by atoms with Gasteiger partial charge in [0.1, 0.15) is 0 Å². The van der Waals surface area contributed by atoms with Crippen molar-refractivity contribution in [2.75, 3.05) is 0 Å². The maximum atomic E-state index is 4.36. The van der Waals surface area contributed by atoms with Crippen LogP contribution in [0.25, 0.3) is 11.0 Å². The first-order chi connectivity index (χ1) is 6.16. The number of aryl methyl sites for hydroxylation is 1. The summed E-state index contributed by atoms with van der Waals surface area (Å²) in [5, 5.41) is 0. The molecular formula is C9H6Br2N2. The first kappa shape index (κ1) is 9.09. The first-order valence-electron chi connectivity index (χ1n) is 3.75. The van der Waals surface area contributed by atoms with Crippen LogP contribution in [0.15, 0.2) is 27.3 Å². The van der Waals surface area contributed by atoms with Crippen molar-refractivity contribution in [3.05, 3.63) is 33.0 Å². The van der Waals surface area contributed by atoms with Crippen molar-refractivity contribution in [2.45, 2.75) is 6.92 Å². The van der Waals surface area contributed by atoms with Gasteiger partial charge < -0.3 is 0 Å². The minimum Gasteiger partial charge on any atom is -0.253 e. The maximum Gasteiger partial charge on any atom is 0.0902 e. The van der Waals surface area contributed by atoms with Crippen molar-refractivity contribution >= 4 is 42.9 Å². The van der Waals surface area contributed by atoms with E-state index in [9.17, 15) is 0 Å². The minimum atomic E-state index is 0.903. The maximum absolute atomic E-state index is 4.36. The molecule has 2 aromatic rings. The Balaban J connectivity index is 2.81. The third kappa shape index (κ3) is 1.74. The predicted octanol–water partition coefficient (Wildman–Crippen LogP) is 3.46. The zero-order chi connectivity index (χ0) is 9.42. The molecule has 0 amide bonds. The third-order valence-electron chi connectivity index (χ3n) is 1.70. The number of benzene rings is 1. The Bertz CT molecular complexity index is 468. The van der Waals surface area contributed by atoms with Gasteiger partial charge in [-0.15, -0.1) is 0 Å². The molecule has 13 heavy (non-hydrogen) atoms. The van der Waals surface area contributed by atoms with E-state index in [-0.39, 0.29) is 0 Å². The fraction of sp³-hybridized carbons (Fsp3) is 0.111. The molecule has 0 saturated heterocycles. The van der Waals surface area contributed by atoms with E-state index in [4.69, 9.17) is 0 Å². The van der Waals surface area contributed by atoms with E-state index in [0.717, 1.165) is 25.7 Å². The summed E-state index contributed by atoms with van der Waals surface area (Å²) in [4.78, 5) is 8.63. The van der Waals surface area contributed by atoms with Gasteiger partial charge in [-0.05, 0) is 50.9 Å². The van der Waals surface area contributed by atoms with Gasteiger partial charge in [-0.3, -0.25) is 4.98 Å². The molecule has 0 spiro atoms. The zero-order valence-electron chi connectivity index (χ0n) is 6.88. The molecule has 0 saturated carbocycles. The molecular weight excluding hydrogens is 296 g/mol. The Morgan fingerprint density at radius 2 is 1.69 bits per heavy atom. The van der Waals surface area contributed by atoms with Crippen LogP contribution in [-0.4, -0.2) is 9.97 Å². The Morgan fingerprint density at radius 1 is 1.08 bits per heavy atom. The van der Waals surface area contributed by atoms with Crippen molar-refractivity contribution < 1.29 is 0 Å². The Hall–Kier alpha value is -0.480. The van der Waals surface area contributed by atoms with Gasteiger partial charge in [-0.1, -0.05) is 0 Å². The van der Waals surface area contributed by atoms with Crippen LogP contribution in [0, 0.1) is 6.92 Å². The van der Waals surface area contributed by atoms with Gasteiger partial charge in [0.25, 0.3) is 0 Å². The fourth-order valence-corrected chi connectivity index (χ4v) is 1.76. The number of rotatable bonds is 0. The molecule has 0 aliphatic rings. The molecule has 0 atom stereocenters. The second kappa shape index (κ2) is 3.35. The van der Waals surface area contributed by atoms with Crippen molar-refractivity contribution in [3.8, 4) is 0 Å². The average molecular weight is 302 g/mol. The summed E-state index contributed by atoms with van der Waals surface area (Å²) < 4.78 is 2.00. The van der Waals surface area contributed by atoms with E-state index >= 15 is 0 Å². The van der Waals surface area contributed by atoms with Crippen molar-refractivity contribution in [3.63, 3.8) is 0 Å².